The van der Waals surface area contributed by atoms with Gasteiger partial charge < -0.3 is 10.1 Å². The van der Waals surface area contributed by atoms with Crippen LogP contribution in [-0.2, 0) is 20.9 Å². The van der Waals surface area contributed by atoms with Crippen LogP contribution in [0.1, 0.15) is 25.8 Å². The maximum absolute atomic E-state index is 11.8. The third-order valence-corrected chi connectivity index (χ3v) is 2.48. The minimum absolute atomic E-state index is 0.231. The minimum atomic E-state index is -0.564. The highest BCUT2D eigenvalue weighted by Gasteiger charge is 2.20. The van der Waals surface area contributed by atoms with E-state index in [9.17, 15) is 9.59 Å². The van der Waals surface area contributed by atoms with Gasteiger partial charge in [0, 0.05) is 0 Å². The van der Waals surface area contributed by atoms with E-state index in [0.29, 0.717) is 18.7 Å². The predicted octanol–water partition coefficient (Wildman–Crippen LogP) is 1.89. The van der Waals surface area contributed by atoms with Crippen molar-refractivity contribution in [1.29, 1.82) is 0 Å². The number of hydrogen-bond acceptors (Lipinski definition) is 3. The molecular formula is C14H19NO3. The molecule has 0 heterocycles. The second kappa shape index (κ2) is 7.48. The van der Waals surface area contributed by atoms with Crippen molar-refractivity contribution in [2.45, 2.75) is 32.9 Å². The molecule has 18 heavy (non-hydrogen) atoms. The van der Waals surface area contributed by atoms with Crippen molar-refractivity contribution in [3.63, 3.8) is 0 Å². The van der Waals surface area contributed by atoms with Gasteiger partial charge in [-0.3, -0.25) is 4.79 Å². The molecule has 1 aromatic rings. The first kappa shape index (κ1) is 14.2. The van der Waals surface area contributed by atoms with E-state index < -0.39 is 6.04 Å². The summed E-state index contributed by atoms with van der Waals surface area (Å²) in [6.07, 6.45) is 1.11. The minimum Gasteiger partial charge on any atom is -0.459 e. The van der Waals surface area contributed by atoms with Gasteiger partial charge in [0.25, 0.3) is 0 Å². The molecule has 1 aromatic carbocycles. The van der Waals surface area contributed by atoms with Crippen LogP contribution in [-0.4, -0.2) is 18.4 Å². The second-order valence-corrected chi connectivity index (χ2v) is 4.56. The van der Waals surface area contributed by atoms with Crippen LogP contribution in [0.15, 0.2) is 30.3 Å². The van der Waals surface area contributed by atoms with Gasteiger partial charge in [-0.05, 0) is 17.9 Å². The van der Waals surface area contributed by atoms with Crippen LogP contribution in [0.2, 0.25) is 0 Å². The van der Waals surface area contributed by atoms with Crippen LogP contribution in [0.5, 0.6) is 0 Å². The number of carbonyl (C=O) groups is 2. The fraction of sp³-hybridized carbons (Fsp3) is 0.429. The predicted molar refractivity (Wildman–Crippen MR) is 68.7 cm³/mol. The fourth-order valence-electron chi connectivity index (χ4n) is 1.62. The number of esters is 1. The van der Waals surface area contributed by atoms with Crippen LogP contribution < -0.4 is 5.32 Å². The smallest absolute Gasteiger partial charge is 0.328 e. The van der Waals surface area contributed by atoms with Gasteiger partial charge in [0.1, 0.15) is 12.6 Å². The van der Waals surface area contributed by atoms with Gasteiger partial charge in [0.2, 0.25) is 6.41 Å². The number of hydrogen-bond donors (Lipinski definition) is 1. The van der Waals surface area contributed by atoms with Gasteiger partial charge >= 0.3 is 5.97 Å². The zero-order valence-corrected chi connectivity index (χ0v) is 10.8. The Labute approximate surface area is 107 Å². The summed E-state index contributed by atoms with van der Waals surface area (Å²) >= 11 is 0. The maximum atomic E-state index is 11.8. The molecule has 0 fully saturated rings. The SMILES string of the molecule is CC(C)CC(NC=O)C(=O)OCc1ccccc1. The quantitative estimate of drug-likeness (QED) is 0.593. The molecule has 1 rings (SSSR count). The van der Waals surface area contributed by atoms with Crippen molar-refractivity contribution in [1.82, 2.24) is 5.32 Å². The molecule has 0 radical (unpaired) electrons. The Bertz CT molecular complexity index is 376. The molecule has 1 N–H and O–H groups in total. The van der Waals surface area contributed by atoms with Crippen molar-refractivity contribution in [3.05, 3.63) is 35.9 Å². The number of amides is 1. The monoisotopic (exact) mass is 249 g/mol. The van der Waals surface area contributed by atoms with Gasteiger partial charge in [-0.25, -0.2) is 4.79 Å². The molecule has 0 aliphatic heterocycles. The Balaban J connectivity index is 2.48. The number of benzene rings is 1. The molecule has 0 saturated carbocycles. The van der Waals surface area contributed by atoms with E-state index in [4.69, 9.17) is 4.74 Å². The van der Waals surface area contributed by atoms with Gasteiger partial charge in [-0.1, -0.05) is 44.2 Å². The Kier molecular flexibility index (Phi) is 5.91. The van der Waals surface area contributed by atoms with E-state index in [-0.39, 0.29) is 12.6 Å². The Hall–Kier alpha value is -1.84. The Morgan fingerprint density at radius 2 is 2.00 bits per heavy atom. The number of nitrogens with one attached hydrogen (secondary N) is 1. The van der Waals surface area contributed by atoms with E-state index in [1.54, 1.807) is 0 Å². The molecule has 0 bridgehead atoms. The van der Waals surface area contributed by atoms with Crippen molar-refractivity contribution < 1.29 is 14.3 Å². The fourth-order valence-corrected chi connectivity index (χ4v) is 1.62. The lowest BCUT2D eigenvalue weighted by atomic mass is 10.0. The standard InChI is InChI=1S/C14H19NO3/c1-11(2)8-13(15-10-16)14(17)18-9-12-6-4-3-5-7-12/h3-7,10-11,13H,8-9H2,1-2H3,(H,15,16). The van der Waals surface area contributed by atoms with Crippen LogP contribution in [0.25, 0.3) is 0 Å². The summed E-state index contributed by atoms with van der Waals surface area (Å²) < 4.78 is 5.18. The first-order chi connectivity index (χ1) is 8.63. The summed E-state index contributed by atoms with van der Waals surface area (Å²) in [4.78, 5) is 22.3. The molecule has 98 valence electrons. The molecule has 0 aliphatic carbocycles. The largest absolute Gasteiger partial charge is 0.459 e. The van der Waals surface area contributed by atoms with Crippen LogP contribution in [0, 0.1) is 5.92 Å². The van der Waals surface area contributed by atoms with Gasteiger partial charge in [0.05, 0.1) is 0 Å². The maximum Gasteiger partial charge on any atom is 0.328 e. The lowest BCUT2D eigenvalue weighted by molar-refractivity contribution is -0.148. The molecular weight excluding hydrogens is 230 g/mol. The Morgan fingerprint density at radius 1 is 1.33 bits per heavy atom. The van der Waals surface area contributed by atoms with Crippen molar-refractivity contribution >= 4 is 12.4 Å². The lowest BCUT2D eigenvalue weighted by Crippen LogP contribution is -2.38. The zero-order valence-electron chi connectivity index (χ0n) is 10.8. The van der Waals surface area contributed by atoms with Crippen LogP contribution >= 0.6 is 0 Å². The van der Waals surface area contributed by atoms with E-state index in [0.717, 1.165) is 5.56 Å². The van der Waals surface area contributed by atoms with E-state index in [1.807, 2.05) is 44.2 Å². The summed E-state index contributed by atoms with van der Waals surface area (Å²) in [5.41, 5.74) is 0.931. The normalized spacial score (nSPS) is 11.9. The van der Waals surface area contributed by atoms with E-state index in [1.165, 1.54) is 0 Å². The highest BCUT2D eigenvalue weighted by Crippen LogP contribution is 2.08. The highest BCUT2D eigenvalue weighted by atomic mass is 16.5. The third kappa shape index (κ3) is 4.99. The zero-order chi connectivity index (χ0) is 13.4. The average molecular weight is 249 g/mol. The summed E-state index contributed by atoms with van der Waals surface area (Å²) in [6, 6.07) is 8.89. The van der Waals surface area contributed by atoms with E-state index >= 15 is 0 Å². The molecule has 0 saturated heterocycles. The van der Waals surface area contributed by atoms with Crippen LogP contribution in [0.3, 0.4) is 0 Å². The topological polar surface area (TPSA) is 55.4 Å². The Morgan fingerprint density at radius 3 is 2.56 bits per heavy atom. The number of ether oxygens (including phenoxy) is 1. The lowest BCUT2D eigenvalue weighted by Gasteiger charge is -2.16. The molecule has 1 atom stereocenters. The molecule has 0 aliphatic rings. The molecule has 0 aromatic heterocycles. The second-order valence-electron chi connectivity index (χ2n) is 4.56. The van der Waals surface area contributed by atoms with Crippen molar-refractivity contribution in [3.8, 4) is 0 Å². The summed E-state index contributed by atoms with van der Waals surface area (Å²) in [7, 11) is 0. The first-order valence-electron chi connectivity index (χ1n) is 6.03. The molecule has 1 amide bonds. The summed E-state index contributed by atoms with van der Waals surface area (Å²) in [6.45, 7) is 4.21. The average Bonchev–Trinajstić information content (AvgIpc) is 2.36. The summed E-state index contributed by atoms with van der Waals surface area (Å²) in [5, 5.41) is 2.49. The van der Waals surface area contributed by atoms with Gasteiger partial charge in [-0.15, -0.1) is 0 Å². The van der Waals surface area contributed by atoms with Gasteiger partial charge in [0.15, 0.2) is 0 Å². The number of carbonyl (C=O) groups excluding carboxylic acids is 2. The molecule has 1 unspecified atom stereocenters. The van der Waals surface area contributed by atoms with E-state index in [2.05, 4.69) is 5.32 Å². The summed E-state index contributed by atoms with van der Waals surface area (Å²) in [5.74, 6) is -0.0774. The van der Waals surface area contributed by atoms with Crippen molar-refractivity contribution in [2.75, 3.05) is 0 Å². The molecule has 0 spiro atoms. The first-order valence-corrected chi connectivity index (χ1v) is 6.03. The number of rotatable bonds is 7. The molecule has 4 heteroatoms. The van der Waals surface area contributed by atoms with Crippen LogP contribution in [0.4, 0.5) is 0 Å². The highest BCUT2D eigenvalue weighted by molar-refractivity contribution is 5.78. The third-order valence-electron chi connectivity index (χ3n) is 2.48. The van der Waals surface area contributed by atoms with Gasteiger partial charge in [-0.2, -0.15) is 0 Å². The molecule has 4 nitrogen and oxygen atoms in total. The van der Waals surface area contributed by atoms with Crippen molar-refractivity contribution in [2.24, 2.45) is 5.92 Å².